The lowest BCUT2D eigenvalue weighted by Gasteiger charge is -2.35. The van der Waals surface area contributed by atoms with E-state index in [1.165, 1.54) is 0 Å². The average Bonchev–Trinajstić information content (AvgIpc) is 2.80. The third kappa shape index (κ3) is 7.17. The highest BCUT2D eigenvalue weighted by molar-refractivity contribution is 6.35. The van der Waals surface area contributed by atoms with E-state index in [4.69, 9.17) is 9.47 Å². The van der Waals surface area contributed by atoms with Crippen molar-refractivity contribution in [1.82, 2.24) is 20.4 Å². The summed E-state index contributed by atoms with van der Waals surface area (Å²) >= 11 is 0. The van der Waals surface area contributed by atoms with Gasteiger partial charge in [0.25, 0.3) is 0 Å². The number of hydrogen-bond acceptors (Lipinski definition) is 7. The van der Waals surface area contributed by atoms with Crippen LogP contribution >= 0.6 is 0 Å². The van der Waals surface area contributed by atoms with Crippen molar-refractivity contribution in [2.24, 2.45) is 0 Å². The Labute approximate surface area is 184 Å². The van der Waals surface area contributed by atoms with Crippen LogP contribution < -0.4 is 15.5 Å². The van der Waals surface area contributed by atoms with Crippen molar-refractivity contribution in [3.8, 4) is 0 Å². The maximum absolute atomic E-state index is 12.4. The van der Waals surface area contributed by atoms with Crippen LogP contribution in [-0.2, 0) is 19.1 Å². The molecule has 2 heterocycles. The molecule has 2 aliphatic rings. The predicted octanol–water partition coefficient (Wildman–Crippen LogP) is -0.309. The fourth-order valence-corrected chi connectivity index (χ4v) is 3.84. The monoisotopic (exact) mass is 433 g/mol. The molecule has 1 aromatic carbocycles. The first-order chi connectivity index (χ1) is 15.0. The molecular formula is C22H35N5O4. The second-order valence-electron chi connectivity index (χ2n) is 8.07. The van der Waals surface area contributed by atoms with Gasteiger partial charge in [-0.2, -0.15) is 0 Å². The van der Waals surface area contributed by atoms with Crippen molar-refractivity contribution in [3.63, 3.8) is 0 Å². The molecule has 0 saturated carbocycles. The summed E-state index contributed by atoms with van der Waals surface area (Å²) in [7, 11) is 4.01. The average molecular weight is 434 g/mol. The number of hydrogen-bond donors (Lipinski definition) is 2. The van der Waals surface area contributed by atoms with Gasteiger partial charge >= 0.3 is 11.8 Å². The lowest BCUT2D eigenvalue weighted by Crippen LogP contribution is -2.48. The normalized spacial score (nSPS) is 18.9. The molecule has 31 heavy (non-hydrogen) atoms. The van der Waals surface area contributed by atoms with Crippen LogP contribution in [0.1, 0.15) is 11.6 Å². The second kappa shape index (κ2) is 12.0. The number of nitrogens with zero attached hydrogens (tertiary/aromatic N) is 3. The van der Waals surface area contributed by atoms with E-state index in [0.717, 1.165) is 44.0 Å². The Hall–Kier alpha value is -2.20. The third-order valence-corrected chi connectivity index (χ3v) is 5.76. The van der Waals surface area contributed by atoms with Crippen LogP contribution in [0.3, 0.4) is 0 Å². The third-order valence-electron chi connectivity index (χ3n) is 5.76. The van der Waals surface area contributed by atoms with Gasteiger partial charge in [-0.25, -0.2) is 0 Å². The Morgan fingerprint density at radius 2 is 1.52 bits per heavy atom. The first-order valence-corrected chi connectivity index (χ1v) is 11.0. The summed E-state index contributed by atoms with van der Waals surface area (Å²) in [6.45, 7) is 7.61. The second-order valence-corrected chi connectivity index (χ2v) is 8.07. The summed E-state index contributed by atoms with van der Waals surface area (Å²) < 4.78 is 10.8. The lowest BCUT2D eigenvalue weighted by molar-refractivity contribution is -0.139. The van der Waals surface area contributed by atoms with Crippen LogP contribution in [-0.4, -0.2) is 108 Å². The largest absolute Gasteiger partial charge is 0.379 e. The Balaban J connectivity index is 1.52. The van der Waals surface area contributed by atoms with Crippen LogP contribution in [0.25, 0.3) is 0 Å². The van der Waals surface area contributed by atoms with Gasteiger partial charge in [-0.05, 0) is 17.7 Å². The molecule has 0 radical (unpaired) electrons. The maximum atomic E-state index is 12.4. The van der Waals surface area contributed by atoms with Gasteiger partial charge in [0.05, 0.1) is 32.5 Å². The smallest absolute Gasteiger partial charge is 0.309 e. The SMILES string of the molecule is CN(C)c1ccc([C@@H](CNC(=O)C(=O)NCCN2CCOCC2)N2CCOCC2)cc1. The fraction of sp³-hybridized carbons (Fsp3) is 0.636. The van der Waals surface area contributed by atoms with Crippen LogP contribution in [0.4, 0.5) is 5.69 Å². The van der Waals surface area contributed by atoms with Gasteiger partial charge < -0.3 is 25.0 Å². The molecule has 2 fully saturated rings. The molecule has 0 spiro atoms. The Morgan fingerprint density at radius 1 is 0.935 bits per heavy atom. The summed E-state index contributed by atoms with van der Waals surface area (Å²) in [4.78, 5) is 31.2. The van der Waals surface area contributed by atoms with E-state index in [-0.39, 0.29) is 6.04 Å². The van der Waals surface area contributed by atoms with Gasteiger partial charge in [0.1, 0.15) is 0 Å². The zero-order valence-electron chi connectivity index (χ0n) is 18.6. The molecule has 2 aliphatic heterocycles. The molecule has 0 aliphatic carbocycles. The zero-order valence-corrected chi connectivity index (χ0v) is 18.6. The minimum atomic E-state index is -0.592. The molecule has 172 valence electrons. The van der Waals surface area contributed by atoms with E-state index in [0.29, 0.717) is 39.5 Å². The number of carbonyl (C=O) groups excluding carboxylic acids is 2. The van der Waals surface area contributed by atoms with Crippen LogP contribution in [0.2, 0.25) is 0 Å². The van der Waals surface area contributed by atoms with Gasteiger partial charge in [-0.15, -0.1) is 0 Å². The molecule has 0 unspecified atom stereocenters. The van der Waals surface area contributed by atoms with Gasteiger partial charge in [-0.3, -0.25) is 19.4 Å². The molecule has 0 bridgehead atoms. The van der Waals surface area contributed by atoms with Crippen molar-refractivity contribution in [2.45, 2.75) is 6.04 Å². The number of carbonyl (C=O) groups is 2. The number of morpholine rings is 2. The highest BCUT2D eigenvalue weighted by Crippen LogP contribution is 2.23. The summed E-state index contributed by atoms with van der Waals surface area (Å²) in [5.74, 6) is -1.18. The van der Waals surface area contributed by atoms with E-state index in [1.54, 1.807) is 0 Å². The molecule has 1 atom stereocenters. The number of nitrogens with one attached hydrogen (secondary N) is 2. The van der Waals surface area contributed by atoms with Crippen molar-refractivity contribution >= 4 is 17.5 Å². The van der Waals surface area contributed by atoms with Gasteiger partial charge in [0.15, 0.2) is 0 Å². The molecular weight excluding hydrogens is 398 g/mol. The van der Waals surface area contributed by atoms with Crippen LogP contribution in [0, 0.1) is 0 Å². The summed E-state index contributed by atoms with van der Waals surface area (Å²) in [6.07, 6.45) is 0. The van der Waals surface area contributed by atoms with E-state index in [9.17, 15) is 9.59 Å². The molecule has 2 N–H and O–H groups in total. The van der Waals surface area contributed by atoms with Gasteiger partial charge in [0, 0.05) is 65.6 Å². The Morgan fingerprint density at radius 3 is 2.13 bits per heavy atom. The quantitative estimate of drug-likeness (QED) is 0.544. The summed E-state index contributed by atoms with van der Waals surface area (Å²) in [5, 5.41) is 5.55. The standard InChI is InChI=1S/C22H35N5O4/c1-25(2)19-5-3-18(4-6-19)20(27-11-15-31-16-12-27)17-24-22(29)21(28)23-7-8-26-9-13-30-14-10-26/h3-6,20H,7-17H2,1-2H3,(H,23,28)(H,24,29)/t20-/m1/s1. The van der Waals surface area contributed by atoms with E-state index >= 15 is 0 Å². The van der Waals surface area contributed by atoms with Crippen LogP contribution in [0.5, 0.6) is 0 Å². The maximum Gasteiger partial charge on any atom is 0.309 e. The lowest BCUT2D eigenvalue weighted by atomic mass is 10.0. The highest BCUT2D eigenvalue weighted by atomic mass is 16.5. The molecule has 0 aromatic heterocycles. The van der Waals surface area contributed by atoms with E-state index in [2.05, 4.69) is 49.6 Å². The first-order valence-electron chi connectivity index (χ1n) is 11.0. The van der Waals surface area contributed by atoms with Crippen molar-refractivity contribution < 1.29 is 19.1 Å². The van der Waals surface area contributed by atoms with Gasteiger partial charge in [0.2, 0.25) is 0 Å². The predicted molar refractivity (Wildman–Crippen MR) is 119 cm³/mol. The molecule has 2 amide bonds. The molecule has 3 rings (SSSR count). The topological polar surface area (TPSA) is 86.4 Å². The van der Waals surface area contributed by atoms with Crippen molar-refractivity contribution in [1.29, 1.82) is 0 Å². The van der Waals surface area contributed by atoms with Gasteiger partial charge in [-0.1, -0.05) is 12.1 Å². The van der Waals surface area contributed by atoms with Crippen LogP contribution in [0.15, 0.2) is 24.3 Å². The minimum Gasteiger partial charge on any atom is -0.379 e. The Kier molecular flexibility index (Phi) is 9.08. The Bertz CT molecular complexity index is 700. The first kappa shape index (κ1) is 23.5. The molecule has 2 saturated heterocycles. The summed E-state index contributed by atoms with van der Waals surface area (Å²) in [6, 6.07) is 8.31. The number of anilines is 1. The highest BCUT2D eigenvalue weighted by Gasteiger charge is 2.24. The van der Waals surface area contributed by atoms with E-state index < -0.39 is 11.8 Å². The summed E-state index contributed by atoms with van der Waals surface area (Å²) in [5.41, 5.74) is 2.23. The fourth-order valence-electron chi connectivity index (χ4n) is 3.84. The minimum absolute atomic E-state index is 0.00906. The van der Waals surface area contributed by atoms with Crippen molar-refractivity contribution in [2.75, 3.05) is 91.2 Å². The number of benzene rings is 1. The number of rotatable bonds is 8. The molecule has 1 aromatic rings. The molecule has 9 nitrogen and oxygen atoms in total. The van der Waals surface area contributed by atoms with E-state index in [1.807, 2.05) is 14.1 Å². The van der Waals surface area contributed by atoms with Crippen molar-refractivity contribution in [3.05, 3.63) is 29.8 Å². The zero-order chi connectivity index (χ0) is 22.1. The number of amides is 2. The molecule has 9 heteroatoms. The number of ether oxygens (including phenoxy) is 2.